The zero-order valence-corrected chi connectivity index (χ0v) is 14.0. The largest absolute Gasteiger partial charge is 0.330 e. The van der Waals surface area contributed by atoms with Crippen molar-refractivity contribution in [2.75, 3.05) is 0 Å². The van der Waals surface area contributed by atoms with Crippen LogP contribution in [0.1, 0.15) is 0 Å². The molecule has 0 amide bonds. The predicted octanol–water partition coefficient (Wildman–Crippen LogP) is 5.19. The second-order valence-corrected chi connectivity index (χ2v) is 6.51. The fourth-order valence-electron chi connectivity index (χ4n) is 1.95. The number of aromatic amines is 1. The van der Waals surface area contributed by atoms with Gasteiger partial charge in [-0.2, -0.15) is 0 Å². The minimum Gasteiger partial charge on any atom is -0.330 e. The maximum Gasteiger partial charge on any atom is 0.182 e. The summed E-state index contributed by atoms with van der Waals surface area (Å²) in [6.45, 7) is 0. The Labute approximate surface area is 135 Å². The third-order valence-corrected chi connectivity index (χ3v) is 4.42. The number of H-pyrrole nitrogens is 1. The van der Waals surface area contributed by atoms with Crippen LogP contribution in [0.2, 0.25) is 0 Å². The Morgan fingerprint density at radius 2 is 1.89 bits per heavy atom. The molecular formula is C13H7BrFIN2S. The van der Waals surface area contributed by atoms with Gasteiger partial charge < -0.3 is 4.98 Å². The van der Waals surface area contributed by atoms with Crippen molar-refractivity contribution in [2.24, 2.45) is 0 Å². The number of nitrogens with zero attached hydrogens (tertiary/aromatic N) is 1. The highest BCUT2D eigenvalue weighted by Crippen LogP contribution is 2.25. The van der Waals surface area contributed by atoms with E-state index in [0.717, 1.165) is 20.3 Å². The van der Waals surface area contributed by atoms with Crippen molar-refractivity contribution in [1.82, 2.24) is 9.55 Å². The molecular weight excluding hydrogens is 442 g/mol. The fraction of sp³-hybridized carbons (Fsp3) is 0. The average molecular weight is 449 g/mol. The molecule has 0 fully saturated rings. The first kappa shape index (κ1) is 13.3. The molecule has 6 heteroatoms. The van der Waals surface area contributed by atoms with E-state index in [1.54, 1.807) is 6.07 Å². The Hall–Kier alpha value is -0.730. The molecule has 3 aromatic rings. The number of nitrogens with one attached hydrogen (secondary N) is 1. The third kappa shape index (κ3) is 2.36. The van der Waals surface area contributed by atoms with Gasteiger partial charge >= 0.3 is 0 Å². The summed E-state index contributed by atoms with van der Waals surface area (Å²) in [5, 5.41) is 0. The first-order valence-corrected chi connectivity index (χ1v) is 7.70. The molecule has 96 valence electrons. The first-order chi connectivity index (χ1) is 9.06. The SMILES string of the molecule is Fc1cc2c(cc1Br)[nH]c(=S)n2-c1ccc(I)cc1. The maximum atomic E-state index is 13.7. The third-order valence-electron chi connectivity index (χ3n) is 2.81. The molecule has 0 bridgehead atoms. The quantitative estimate of drug-likeness (QED) is 0.401. The van der Waals surface area contributed by atoms with E-state index < -0.39 is 0 Å². The van der Waals surface area contributed by atoms with Crippen LogP contribution in [-0.2, 0) is 0 Å². The Kier molecular flexibility index (Phi) is 3.48. The summed E-state index contributed by atoms with van der Waals surface area (Å²) in [5.41, 5.74) is 2.45. The van der Waals surface area contributed by atoms with Gasteiger partial charge in [0.2, 0.25) is 0 Å². The monoisotopic (exact) mass is 448 g/mol. The highest BCUT2D eigenvalue weighted by molar-refractivity contribution is 14.1. The summed E-state index contributed by atoms with van der Waals surface area (Å²) in [4.78, 5) is 3.09. The molecule has 2 nitrogen and oxygen atoms in total. The molecule has 1 aromatic heterocycles. The van der Waals surface area contributed by atoms with Gasteiger partial charge in [-0.25, -0.2) is 4.39 Å². The number of hydrogen-bond donors (Lipinski definition) is 1. The van der Waals surface area contributed by atoms with Crippen molar-refractivity contribution in [3.8, 4) is 5.69 Å². The molecule has 0 aliphatic heterocycles. The Balaban J connectivity index is 2.34. The van der Waals surface area contributed by atoms with Crippen LogP contribution in [0, 0.1) is 14.2 Å². The normalized spacial score (nSPS) is 11.1. The topological polar surface area (TPSA) is 20.7 Å². The molecule has 0 saturated carbocycles. The predicted molar refractivity (Wildman–Crippen MR) is 88.8 cm³/mol. The molecule has 1 heterocycles. The van der Waals surface area contributed by atoms with Crippen LogP contribution < -0.4 is 0 Å². The van der Waals surface area contributed by atoms with Crippen LogP contribution in [0.25, 0.3) is 16.7 Å². The molecule has 0 aliphatic rings. The average Bonchev–Trinajstić information content (AvgIpc) is 2.67. The molecule has 0 spiro atoms. The number of rotatable bonds is 1. The summed E-state index contributed by atoms with van der Waals surface area (Å²) in [6.07, 6.45) is 0. The minimum absolute atomic E-state index is 0.305. The molecule has 0 aliphatic carbocycles. The van der Waals surface area contributed by atoms with Crippen molar-refractivity contribution < 1.29 is 4.39 Å². The first-order valence-electron chi connectivity index (χ1n) is 5.42. The van der Waals surface area contributed by atoms with Crippen molar-refractivity contribution in [3.63, 3.8) is 0 Å². The lowest BCUT2D eigenvalue weighted by Crippen LogP contribution is -1.94. The van der Waals surface area contributed by atoms with Crippen molar-refractivity contribution in [2.45, 2.75) is 0 Å². The molecule has 0 unspecified atom stereocenters. The minimum atomic E-state index is -0.305. The van der Waals surface area contributed by atoms with Gasteiger partial charge in [0.05, 0.1) is 15.5 Å². The van der Waals surface area contributed by atoms with Crippen LogP contribution >= 0.6 is 50.7 Å². The molecule has 0 atom stereocenters. The van der Waals surface area contributed by atoms with Gasteiger partial charge in [-0.05, 0) is 81.1 Å². The van der Waals surface area contributed by atoms with E-state index in [1.165, 1.54) is 6.07 Å². The van der Waals surface area contributed by atoms with Crippen LogP contribution in [0.4, 0.5) is 4.39 Å². The Morgan fingerprint density at radius 1 is 1.21 bits per heavy atom. The molecule has 1 N–H and O–H groups in total. The van der Waals surface area contributed by atoms with E-state index >= 15 is 0 Å². The summed E-state index contributed by atoms with van der Waals surface area (Å²) in [5.74, 6) is -0.305. The Morgan fingerprint density at radius 3 is 2.58 bits per heavy atom. The van der Waals surface area contributed by atoms with E-state index in [2.05, 4.69) is 43.5 Å². The van der Waals surface area contributed by atoms with Crippen molar-refractivity contribution in [3.05, 3.63) is 55.0 Å². The van der Waals surface area contributed by atoms with Crippen molar-refractivity contribution in [1.29, 1.82) is 0 Å². The fourth-order valence-corrected chi connectivity index (χ4v) is 2.97. The van der Waals surface area contributed by atoms with Crippen LogP contribution in [0.15, 0.2) is 40.9 Å². The number of fused-ring (bicyclic) bond motifs is 1. The standard InChI is InChI=1S/C13H7BrFIN2S/c14-9-5-11-12(6-10(9)15)18(13(19)17-11)8-3-1-7(16)2-4-8/h1-6H,(H,17,19). The molecule has 2 aromatic carbocycles. The summed E-state index contributed by atoms with van der Waals surface area (Å²) in [6, 6.07) is 11.1. The number of aromatic nitrogens is 2. The smallest absolute Gasteiger partial charge is 0.182 e. The lowest BCUT2D eigenvalue weighted by atomic mass is 10.2. The van der Waals surface area contributed by atoms with Crippen molar-refractivity contribution >= 4 is 61.8 Å². The number of imidazole rings is 1. The van der Waals surface area contributed by atoms with E-state index in [4.69, 9.17) is 12.2 Å². The van der Waals surface area contributed by atoms with Gasteiger partial charge in [0.15, 0.2) is 4.77 Å². The lowest BCUT2D eigenvalue weighted by Gasteiger charge is -2.05. The van der Waals surface area contributed by atoms with Crippen LogP contribution in [-0.4, -0.2) is 9.55 Å². The zero-order valence-electron chi connectivity index (χ0n) is 9.45. The van der Waals surface area contributed by atoms with Gasteiger partial charge in [-0.3, -0.25) is 4.57 Å². The molecule has 0 radical (unpaired) electrons. The number of halogens is 3. The van der Waals surface area contributed by atoms with Gasteiger partial charge in [0.25, 0.3) is 0 Å². The zero-order chi connectivity index (χ0) is 13.6. The summed E-state index contributed by atoms with van der Waals surface area (Å²) >= 11 is 10.7. The highest BCUT2D eigenvalue weighted by Gasteiger charge is 2.10. The summed E-state index contributed by atoms with van der Waals surface area (Å²) in [7, 11) is 0. The molecule has 0 saturated heterocycles. The van der Waals surface area contributed by atoms with E-state index in [-0.39, 0.29) is 5.82 Å². The van der Waals surface area contributed by atoms with E-state index in [1.807, 2.05) is 28.8 Å². The number of benzene rings is 2. The second kappa shape index (κ2) is 4.99. The van der Waals surface area contributed by atoms with E-state index in [0.29, 0.717) is 9.24 Å². The van der Waals surface area contributed by atoms with Gasteiger partial charge in [-0.1, -0.05) is 0 Å². The molecule has 19 heavy (non-hydrogen) atoms. The van der Waals surface area contributed by atoms with Gasteiger partial charge in [0, 0.05) is 15.3 Å². The van der Waals surface area contributed by atoms with Gasteiger partial charge in [0.1, 0.15) is 5.82 Å². The summed E-state index contributed by atoms with van der Waals surface area (Å²) < 4.78 is 17.7. The van der Waals surface area contributed by atoms with Crippen LogP contribution in [0.3, 0.4) is 0 Å². The number of hydrogen-bond acceptors (Lipinski definition) is 1. The van der Waals surface area contributed by atoms with Gasteiger partial charge in [-0.15, -0.1) is 0 Å². The molecule has 3 rings (SSSR count). The maximum absolute atomic E-state index is 13.7. The van der Waals surface area contributed by atoms with Crippen LogP contribution in [0.5, 0.6) is 0 Å². The highest BCUT2D eigenvalue weighted by atomic mass is 127. The second-order valence-electron chi connectivity index (χ2n) is 4.03. The Bertz CT molecular complexity index is 823. The van der Waals surface area contributed by atoms with E-state index in [9.17, 15) is 4.39 Å². The lowest BCUT2D eigenvalue weighted by molar-refractivity contribution is 0.622.